The highest BCUT2D eigenvalue weighted by Gasteiger charge is 2.49. The van der Waals surface area contributed by atoms with E-state index in [1.165, 1.54) is 0 Å². The third kappa shape index (κ3) is 3.50. The molecule has 2 atom stereocenters. The van der Waals surface area contributed by atoms with Gasteiger partial charge in [0.2, 0.25) is 5.91 Å². The van der Waals surface area contributed by atoms with Crippen molar-refractivity contribution in [2.45, 2.75) is 32.4 Å². The van der Waals surface area contributed by atoms with Crippen molar-refractivity contribution in [2.75, 3.05) is 13.6 Å². The first-order valence-corrected chi connectivity index (χ1v) is 9.26. The Bertz CT molecular complexity index is 895. The second-order valence-corrected chi connectivity index (χ2v) is 7.40. The summed E-state index contributed by atoms with van der Waals surface area (Å²) in [5, 5.41) is 2.74. The number of benzene rings is 2. The third-order valence-corrected chi connectivity index (χ3v) is 5.45. The fourth-order valence-corrected chi connectivity index (χ4v) is 3.34. The van der Waals surface area contributed by atoms with Crippen LogP contribution in [-0.2, 0) is 15.1 Å². The van der Waals surface area contributed by atoms with E-state index >= 15 is 0 Å². The molecule has 2 aromatic rings. The lowest BCUT2D eigenvalue weighted by Gasteiger charge is -2.27. The maximum atomic E-state index is 13.0. The SMILES string of the molecule is Cc1ccc(C2(C)NC(=O)N(CC(=O)N(C)C(C)c3ccccc3)C2=O)cc1. The van der Waals surface area contributed by atoms with Crippen LogP contribution < -0.4 is 5.32 Å². The fourth-order valence-electron chi connectivity index (χ4n) is 3.34. The van der Waals surface area contributed by atoms with Gasteiger partial charge in [-0.2, -0.15) is 0 Å². The number of hydrogen-bond acceptors (Lipinski definition) is 3. The van der Waals surface area contributed by atoms with Crippen molar-refractivity contribution < 1.29 is 14.4 Å². The van der Waals surface area contributed by atoms with Gasteiger partial charge in [-0.25, -0.2) is 4.79 Å². The predicted octanol–water partition coefficient (Wildman–Crippen LogP) is 2.98. The summed E-state index contributed by atoms with van der Waals surface area (Å²) in [5.41, 5.74) is 1.57. The zero-order chi connectivity index (χ0) is 20.5. The van der Waals surface area contributed by atoms with Gasteiger partial charge >= 0.3 is 6.03 Å². The Morgan fingerprint density at radius 3 is 2.32 bits per heavy atom. The topological polar surface area (TPSA) is 69.7 Å². The van der Waals surface area contributed by atoms with Crippen molar-refractivity contribution in [1.82, 2.24) is 15.1 Å². The summed E-state index contributed by atoms with van der Waals surface area (Å²) >= 11 is 0. The molecule has 1 N–H and O–H groups in total. The number of amides is 4. The van der Waals surface area contributed by atoms with E-state index in [-0.39, 0.29) is 18.5 Å². The van der Waals surface area contributed by atoms with E-state index in [9.17, 15) is 14.4 Å². The Morgan fingerprint density at radius 2 is 1.71 bits per heavy atom. The smallest absolute Gasteiger partial charge is 0.325 e. The summed E-state index contributed by atoms with van der Waals surface area (Å²) in [4.78, 5) is 40.8. The molecule has 1 heterocycles. The zero-order valence-electron chi connectivity index (χ0n) is 16.6. The first kappa shape index (κ1) is 19.6. The second kappa shape index (κ2) is 7.46. The summed E-state index contributed by atoms with van der Waals surface area (Å²) < 4.78 is 0. The molecular weight excluding hydrogens is 354 g/mol. The number of aryl methyl sites for hydroxylation is 1. The molecule has 0 aromatic heterocycles. The highest BCUT2D eigenvalue weighted by atomic mass is 16.2. The number of nitrogens with zero attached hydrogens (tertiary/aromatic N) is 2. The minimum atomic E-state index is -1.17. The van der Waals surface area contributed by atoms with Gasteiger partial charge in [0.15, 0.2) is 0 Å². The minimum Gasteiger partial charge on any atom is -0.337 e. The molecule has 2 unspecified atom stereocenters. The predicted molar refractivity (Wildman–Crippen MR) is 106 cm³/mol. The summed E-state index contributed by atoms with van der Waals surface area (Å²) in [5.74, 6) is -0.719. The van der Waals surface area contributed by atoms with Crippen molar-refractivity contribution in [2.24, 2.45) is 0 Å². The molecule has 0 radical (unpaired) electrons. The number of likely N-dealkylation sites (N-methyl/N-ethyl adjacent to an activating group) is 1. The molecule has 4 amide bonds. The number of urea groups is 1. The van der Waals surface area contributed by atoms with Crippen LogP contribution in [-0.4, -0.2) is 41.2 Å². The van der Waals surface area contributed by atoms with Crippen LogP contribution in [0.2, 0.25) is 0 Å². The largest absolute Gasteiger partial charge is 0.337 e. The average Bonchev–Trinajstić information content (AvgIpc) is 2.91. The Morgan fingerprint density at radius 1 is 1.11 bits per heavy atom. The van der Waals surface area contributed by atoms with Crippen LogP contribution in [0.5, 0.6) is 0 Å². The van der Waals surface area contributed by atoms with Crippen LogP contribution in [0.1, 0.15) is 36.6 Å². The molecule has 1 saturated heterocycles. The minimum absolute atomic E-state index is 0.169. The lowest BCUT2D eigenvalue weighted by atomic mass is 9.91. The first-order valence-electron chi connectivity index (χ1n) is 9.26. The molecule has 6 heteroatoms. The molecule has 0 aliphatic carbocycles. The maximum Gasteiger partial charge on any atom is 0.325 e. The second-order valence-electron chi connectivity index (χ2n) is 7.40. The maximum absolute atomic E-state index is 13.0. The monoisotopic (exact) mass is 379 g/mol. The third-order valence-electron chi connectivity index (χ3n) is 5.45. The summed E-state index contributed by atoms with van der Waals surface area (Å²) in [6, 6.07) is 16.3. The van der Waals surface area contributed by atoms with E-state index in [0.29, 0.717) is 5.56 Å². The highest BCUT2D eigenvalue weighted by molar-refractivity contribution is 6.09. The molecule has 0 spiro atoms. The Labute approximate surface area is 165 Å². The van der Waals surface area contributed by atoms with Crippen LogP contribution in [0.25, 0.3) is 0 Å². The molecular formula is C22H25N3O3. The molecule has 3 rings (SSSR count). The van der Waals surface area contributed by atoms with E-state index in [4.69, 9.17) is 0 Å². The number of hydrogen-bond donors (Lipinski definition) is 1. The van der Waals surface area contributed by atoms with Gasteiger partial charge in [-0.3, -0.25) is 14.5 Å². The number of rotatable bonds is 5. The van der Waals surface area contributed by atoms with Gasteiger partial charge in [-0.1, -0.05) is 60.2 Å². The normalized spacial score (nSPS) is 20.1. The van der Waals surface area contributed by atoms with Gasteiger partial charge < -0.3 is 10.2 Å². The van der Waals surface area contributed by atoms with Crippen LogP contribution in [0.3, 0.4) is 0 Å². The van der Waals surface area contributed by atoms with Crippen LogP contribution in [0.15, 0.2) is 54.6 Å². The molecule has 1 fully saturated rings. The summed E-state index contributed by atoms with van der Waals surface area (Å²) in [6.07, 6.45) is 0. The van der Waals surface area contributed by atoms with Crippen molar-refractivity contribution in [3.05, 3.63) is 71.3 Å². The Hall–Kier alpha value is -3.15. The summed E-state index contributed by atoms with van der Waals surface area (Å²) in [7, 11) is 1.68. The lowest BCUT2D eigenvalue weighted by molar-refractivity contribution is -0.139. The Kier molecular flexibility index (Phi) is 5.23. The number of carbonyl (C=O) groups is 3. The molecule has 1 aliphatic rings. The molecule has 28 heavy (non-hydrogen) atoms. The standard InChI is InChI=1S/C22H25N3O3/c1-15-10-12-18(13-11-15)22(3)20(27)25(21(28)23-22)14-19(26)24(4)16(2)17-8-6-5-7-9-17/h5-13,16H,14H2,1-4H3,(H,23,28). The first-order chi connectivity index (χ1) is 13.2. The molecule has 0 saturated carbocycles. The van der Waals surface area contributed by atoms with Crippen LogP contribution >= 0.6 is 0 Å². The zero-order valence-corrected chi connectivity index (χ0v) is 16.6. The van der Waals surface area contributed by atoms with Crippen molar-refractivity contribution in [3.8, 4) is 0 Å². The molecule has 1 aliphatic heterocycles. The highest BCUT2D eigenvalue weighted by Crippen LogP contribution is 2.29. The fraction of sp³-hybridized carbons (Fsp3) is 0.318. The number of carbonyl (C=O) groups excluding carboxylic acids is 3. The Balaban J connectivity index is 1.75. The molecule has 146 valence electrons. The van der Waals surface area contributed by atoms with Gasteiger partial charge in [0.25, 0.3) is 5.91 Å². The van der Waals surface area contributed by atoms with Crippen molar-refractivity contribution in [3.63, 3.8) is 0 Å². The van der Waals surface area contributed by atoms with Crippen LogP contribution in [0, 0.1) is 6.92 Å². The lowest BCUT2D eigenvalue weighted by Crippen LogP contribution is -2.44. The van der Waals surface area contributed by atoms with Crippen molar-refractivity contribution >= 4 is 17.8 Å². The van der Waals surface area contributed by atoms with E-state index in [0.717, 1.165) is 16.0 Å². The number of imide groups is 1. The van der Waals surface area contributed by atoms with Gasteiger partial charge in [0.1, 0.15) is 12.1 Å². The van der Waals surface area contributed by atoms with E-state index in [1.54, 1.807) is 18.9 Å². The molecule has 6 nitrogen and oxygen atoms in total. The average molecular weight is 379 g/mol. The summed E-state index contributed by atoms with van der Waals surface area (Å²) in [6.45, 7) is 5.24. The van der Waals surface area contributed by atoms with E-state index in [1.807, 2.05) is 68.4 Å². The van der Waals surface area contributed by atoms with E-state index < -0.39 is 17.5 Å². The molecule has 2 aromatic carbocycles. The quantitative estimate of drug-likeness (QED) is 0.812. The van der Waals surface area contributed by atoms with Crippen LogP contribution in [0.4, 0.5) is 4.79 Å². The van der Waals surface area contributed by atoms with Gasteiger partial charge in [0, 0.05) is 7.05 Å². The van der Waals surface area contributed by atoms with Gasteiger partial charge in [-0.15, -0.1) is 0 Å². The number of nitrogens with one attached hydrogen (secondary N) is 1. The van der Waals surface area contributed by atoms with Gasteiger partial charge in [0.05, 0.1) is 6.04 Å². The van der Waals surface area contributed by atoms with Gasteiger partial charge in [-0.05, 0) is 31.9 Å². The van der Waals surface area contributed by atoms with Crippen molar-refractivity contribution in [1.29, 1.82) is 0 Å². The van der Waals surface area contributed by atoms with E-state index in [2.05, 4.69) is 5.32 Å². The molecule has 0 bridgehead atoms.